The molecule has 2 rings (SSSR count). The molecule has 0 amide bonds. The van der Waals surface area contributed by atoms with Crippen molar-refractivity contribution in [2.75, 3.05) is 26.3 Å². The predicted octanol–water partition coefficient (Wildman–Crippen LogP) is 2.06. The van der Waals surface area contributed by atoms with Crippen molar-refractivity contribution in [3.05, 3.63) is 35.9 Å². The third-order valence-electron chi connectivity index (χ3n) is 4.55. The van der Waals surface area contributed by atoms with Gasteiger partial charge in [-0.2, -0.15) is 0 Å². The predicted molar refractivity (Wildman–Crippen MR) is 79.2 cm³/mol. The Morgan fingerprint density at radius 1 is 1.26 bits per heavy atom. The molecule has 1 fully saturated rings. The second-order valence-electron chi connectivity index (χ2n) is 5.61. The van der Waals surface area contributed by atoms with Crippen LogP contribution in [-0.2, 0) is 11.2 Å². The minimum absolute atomic E-state index is 0.0552. The van der Waals surface area contributed by atoms with Crippen LogP contribution in [0.5, 0.6) is 0 Å². The first-order valence-corrected chi connectivity index (χ1v) is 7.29. The molecule has 1 aromatic rings. The van der Waals surface area contributed by atoms with Crippen molar-refractivity contribution in [1.29, 1.82) is 0 Å². The molecule has 0 radical (unpaired) electrons. The Labute approximate surface area is 116 Å². The summed E-state index contributed by atoms with van der Waals surface area (Å²) in [5.41, 5.74) is 7.92. The number of hydrogen-bond acceptors (Lipinski definition) is 3. The maximum absolute atomic E-state index is 6.54. The number of hydrogen-bond donors (Lipinski definition) is 1. The molecule has 1 aliphatic rings. The first kappa shape index (κ1) is 14.5. The lowest BCUT2D eigenvalue weighted by atomic mass is 9.84. The van der Waals surface area contributed by atoms with Gasteiger partial charge in [0, 0.05) is 24.7 Å². The van der Waals surface area contributed by atoms with E-state index in [1.807, 2.05) is 0 Å². The third kappa shape index (κ3) is 3.35. The van der Waals surface area contributed by atoms with Crippen molar-refractivity contribution in [3.8, 4) is 0 Å². The van der Waals surface area contributed by atoms with Crippen LogP contribution in [0.25, 0.3) is 0 Å². The van der Waals surface area contributed by atoms with Gasteiger partial charge in [-0.25, -0.2) is 0 Å². The molecule has 2 N–H and O–H groups in total. The van der Waals surface area contributed by atoms with Crippen LogP contribution in [-0.4, -0.2) is 42.8 Å². The smallest absolute Gasteiger partial charge is 0.0594 e. The molecule has 106 valence electrons. The van der Waals surface area contributed by atoms with E-state index in [2.05, 4.69) is 49.1 Å². The Bertz CT molecular complexity index is 376. The minimum atomic E-state index is 0.0552. The number of rotatable bonds is 5. The normalized spacial score (nSPS) is 21.8. The molecule has 0 saturated carbocycles. The molecule has 1 saturated heterocycles. The van der Waals surface area contributed by atoms with E-state index >= 15 is 0 Å². The van der Waals surface area contributed by atoms with Crippen LogP contribution in [0.3, 0.4) is 0 Å². The van der Waals surface area contributed by atoms with Crippen molar-refractivity contribution in [2.45, 2.75) is 38.3 Å². The summed E-state index contributed by atoms with van der Waals surface area (Å²) in [7, 11) is 0. The van der Waals surface area contributed by atoms with Crippen LogP contribution in [0.15, 0.2) is 30.3 Å². The average molecular weight is 262 g/mol. The fourth-order valence-electron chi connectivity index (χ4n) is 2.88. The molecule has 2 unspecified atom stereocenters. The van der Waals surface area contributed by atoms with E-state index in [0.717, 1.165) is 39.1 Å². The van der Waals surface area contributed by atoms with Crippen molar-refractivity contribution >= 4 is 0 Å². The van der Waals surface area contributed by atoms with Gasteiger partial charge in [-0.3, -0.25) is 4.90 Å². The molecule has 0 bridgehead atoms. The second-order valence-corrected chi connectivity index (χ2v) is 5.61. The van der Waals surface area contributed by atoms with Crippen LogP contribution >= 0.6 is 0 Å². The molecule has 2 atom stereocenters. The maximum Gasteiger partial charge on any atom is 0.0594 e. The zero-order chi connectivity index (χ0) is 13.7. The summed E-state index contributed by atoms with van der Waals surface area (Å²) >= 11 is 0. The van der Waals surface area contributed by atoms with Crippen molar-refractivity contribution in [1.82, 2.24) is 4.90 Å². The second kappa shape index (κ2) is 6.51. The van der Waals surface area contributed by atoms with E-state index in [4.69, 9.17) is 10.5 Å². The van der Waals surface area contributed by atoms with Crippen LogP contribution in [0.4, 0.5) is 0 Å². The largest absolute Gasteiger partial charge is 0.379 e. The molecule has 0 spiro atoms. The van der Waals surface area contributed by atoms with Crippen LogP contribution in [0.1, 0.15) is 25.8 Å². The van der Waals surface area contributed by atoms with Crippen LogP contribution in [0, 0.1) is 0 Å². The Hall–Kier alpha value is -0.900. The fraction of sp³-hybridized carbons (Fsp3) is 0.625. The lowest BCUT2D eigenvalue weighted by molar-refractivity contribution is -0.0272. The first-order valence-electron chi connectivity index (χ1n) is 7.29. The SMILES string of the molecule is CCC(C)(C(N)Cc1ccccc1)N1CCOCC1. The Morgan fingerprint density at radius 3 is 2.47 bits per heavy atom. The number of ether oxygens (including phenoxy) is 1. The highest BCUT2D eigenvalue weighted by Crippen LogP contribution is 2.25. The van der Waals surface area contributed by atoms with Gasteiger partial charge in [0.25, 0.3) is 0 Å². The van der Waals surface area contributed by atoms with Gasteiger partial charge in [-0.1, -0.05) is 37.3 Å². The number of benzene rings is 1. The molecule has 19 heavy (non-hydrogen) atoms. The van der Waals surface area contributed by atoms with Gasteiger partial charge in [0.2, 0.25) is 0 Å². The zero-order valence-corrected chi connectivity index (χ0v) is 12.1. The summed E-state index contributed by atoms with van der Waals surface area (Å²) in [5.74, 6) is 0. The van der Waals surface area contributed by atoms with Gasteiger partial charge in [0.15, 0.2) is 0 Å². The highest BCUT2D eigenvalue weighted by atomic mass is 16.5. The van der Waals surface area contributed by atoms with Gasteiger partial charge in [-0.15, -0.1) is 0 Å². The van der Waals surface area contributed by atoms with E-state index in [1.54, 1.807) is 0 Å². The van der Waals surface area contributed by atoms with Gasteiger partial charge < -0.3 is 10.5 Å². The zero-order valence-electron chi connectivity index (χ0n) is 12.1. The number of morpholine rings is 1. The third-order valence-corrected chi connectivity index (χ3v) is 4.55. The molecule has 1 aliphatic heterocycles. The summed E-state index contributed by atoms with van der Waals surface area (Å²) in [4.78, 5) is 2.50. The van der Waals surface area contributed by atoms with E-state index in [-0.39, 0.29) is 11.6 Å². The molecule has 0 aromatic heterocycles. The molecule has 3 heteroatoms. The van der Waals surface area contributed by atoms with Gasteiger partial charge in [0.05, 0.1) is 13.2 Å². The summed E-state index contributed by atoms with van der Waals surface area (Å²) < 4.78 is 5.45. The average Bonchev–Trinajstić information content (AvgIpc) is 2.48. The minimum Gasteiger partial charge on any atom is -0.379 e. The Morgan fingerprint density at radius 2 is 1.89 bits per heavy atom. The van der Waals surface area contributed by atoms with Gasteiger partial charge in [0.1, 0.15) is 0 Å². The topological polar surface area (TPSA) is 38.5 Å². The quantitative estimate of drug-likeness (QED) is 0.882. The summed E-state index contributed by atoms with van der Waals surface area (Å²) in [6.07, 6.45) is 2.00. The van der Waals surface area contributed by atoms with Crippen LogP contribution in [0.2, 0.25) is 0 Å². The lowest BCUT2D eigenvalue weighted by Gasteiger charge is -2.46. The summed E-state index contributed by atoms with van der Waals surface area (Å²) in [6, 6.07) is 10.7. The van der Waals surface area contributed by atoms with Crippen LogP contribution < -0.4 is 5.73 Å². The fourth-order valence-corrected chi connectivity index (χ4v) is 2.88. The summed E-state index contributed by atoms with van der Waals surface area (Å²) in [6.45, 7) is 8.17. The van der Waals surface area contributed by atoms with E-state index < -0.39 is 0 Å². The van der Waals surface area contributed by atoms with E-state index in [1.165, 1.54) is 5.56 Å². The van der Waals surface area contributed by atoms with Crippen molar-refractivity contribution in [2.24, 2.45) is 5.73 Å². The molecular weight excluding hydrogens is 236 g/mol. The number of nitrogens with zero attached hydrogens (tertiary/aromatic N) is 1. The molecule has 3 nitrogen and oxygen atoms in total. The van der Waals surface area contributed by atoms with Gasteiger partial charge >= 0.3 is 0 Å². The lowest BCUT2D eigenvalue weighted by Crippen LogP contribution is -2.61. The van der Waals surface area contributed by atoms with Gasteiger partial charge in [-0.05, 0) is 25.3 Å². The van der Waals surface area contributed by atoms with E-state index in [9.17, 15) is 0 Å². The standard InChI is InChI=1S/C16H26N2O/c1-3-16(2,18-9-11-19-12-10-18)15(17)13-14-7-5-4-6-8-14/h4-8,15H,3,9-13,17H2,1-2H3. The molecule has 1 heterocycles. The molecule has 1 aromatic carbocycles. The molecule has 0 aliphatic carbocycles. The summed E-state index contributed by atoms with van der Waals surface area (Å²) in [5, 5.41) is 0. The highest BCUT2D eigenvalue weighted by Gasteiger charge is 2.36. The van der Waals surface area contributed by atoms with Crippen molar-refractivity contribution in [3.63, 3.8) is 0 Å². The van der Waals surface area contributed by atoms with E-state index in [0.29, 0.717) is 0 Å². The monoisotopic (exact) mass is 262 g/mol. The van der Waals surface area contributed by atoms with Crippen molar-refractivity contribution < 1.29 is 4.74 Å². The Kier molecular flexibility index (Phi) is 4.97. The highest BCUT2D eigenvalue weighted by molar-refractivity contribution is 5.17. The first-order chi connectivity index (χ1) is 9.16. The molecular formula is C16H26N2O. The Balaban J connectivity index is 2.06. The maximum atomic E-state index is 6.54. The number of nitrogens with two attached hydrogens (primary N) is 1.